The van der Waals surface area contributed by atoms with Gasteiger partial charge >= 0.3 is 6.18 Å². The maximum absolute atomic E-state index is 12.9. The van der Waals surface area contributed by atoms with Gasteiger partial charge in [0.25, 0.3) is 0 Å². The van der Waals surface area contributed by atoms with Crippen molar-refractivity contribution < 1.29 is 18.3 Å². The van der Waals surface area contributed by atoms with Crippen molar-refractivity contribution in [2.75, 3.05) is 43.4 Å². The molecule has 9 heteroatoms. The van der Waals surface area contributed by atoms with Crippen molar-refractivity contribution in [2.24, 2.45) is 0 Å². The molecular weight excluding hydrogens is 383 g/mol. The third-order valence-corrected chi connectivity index (χ3v) is 5.75. The number of halogens is 3. The monoisotopic (exact) mass is 407 g/mol. The van der Waals surface area contributed by atoms with E-state index >= 15 is 0 Å². The summed E-state index contributed by atoms with van der Waals surface area (Å²) in [5.41, 5.74) is 1.31. The largest absolute Gasteiger partial charge is 0.507 e. The van der Waals surface area contributed by atoms with E-state index in [1.807, 2.05) is 6.92 Å². The first-order valence-corrected chi connectivity index (χ1v) is 9.72. The van der Waals surface area contributed by atoms with Gasteiger partial charge in [-0.25, -0.2) is 0 Å². The second-order valence-electron chi connectivity index (χ2n) is 7.78. The number of piperidine rings is 1. The highest BCUT2D eigenvalue weighted by atomic mass is 19.4. The van der Waals surface area contributed by atoms with Crippen LogP contribution < -0.4 is 10.2 Å². The molecule has 2 N–H and O–H groups in total. The Labute approximate surface area is 167 Å². The Morgan fingerprint density at radius 3 is 2.69 bits per heavy atom. The van der Waals surface area contributed by atoms with Gasteiger partial charge in [0.1, 0.15) is 11.4 Å². The number of aromatic nitrogens is 2. The number of phenolic OH excluding ortho intramolecular Hbond substituents is 1. The van der Waals surface area contributed by atoms with Gasteiger partial charge < -0.3 is 20.2 Å². The number of fused-ring (bicyclic) bond motifs is 1. The second kappa shape index (κ2) is 7.37. The maximum Gasteiger partial charge on any atom is 0.416 e. The first kappa shape index (κ1) is 19.8. The molecule has 29 heavy (non-hydrogen) atoms. The van der Waals surface area contributed by atoms with Crippen molar-refractivity contribution in [3.8, 4) is 17.0 Å². The first-order chi connectivity index (χ1) is 13.8. The van der Waals surface area contributed by atoms with Crippen molar-refractivity contribution in [3.63, 3.8) is 0 Å². The van der Waals surface area contributed by atoms with Crippen LogP contribution in [0.25, 0.3) is 11.3 Å². The summed E-state index contributed by atoms with van der Waals surface area (Å²) in [7, 11) is 2.11. The van der Waals surface area contributed by atoms with Crippen molar-refractivity contribution in [3.05, 3.63) is 29.3 Å². The molecule has 2 aromatic rings. The number of benzene rings is 1. The van der Waals surface area contributed by atoms with Crippen LogP contribution in [-0.2, 0) is 6.18 Å². The Morgan fingerprint density at radius 1 is 1.21 bits per heavy atom. The summed E-state index contributed by atoms with van der Waals surface area (Å²) < 4.78 is 38.7. The number of hydrogen-bond acceptors (Lipinski definition) is 6. The topological polar surface area (TPSA) is 64.5 Å². The predicted octanol–water partition coefficient (Wildman–Crippen LogP) is 3.50. The van der Waals surface area contributed by atoms with E-state index in [1.165, 1.54) is 6.07 Å². The Hall–Kier alpha value is -2.55. The molecule has 2 aliphatic heterocycles. The first-order valence-electron chi connectivity index (χ1n) is 9.72. The van der Waals surface area contributed by atoms with Crippen LogP contribution in [0.3, 0.4) is 0 Å². The summed E-state index contributed by atoms with van der Waals surface area (Å²) in [6, 6.07) is 3.28. The van der Waals surface area contributed by atoms with Gasteiger partial charge in [0.05, 0.1) is 11.3 Å². The van der Waals surface area contributed by atoms with Gasteiger partial charge in [-0.1, -0.05) is 0 Å². The number of likely N-dealkylation sites (N-methyl/N-ethyl adjacent to an activating group) is 1. The van der Waals surface area contributed by atoms with E-state index in [0.717, 1.165) is 68.2 Å². The number of anilines is 2. The minimum atomic E-state index is -4.51. The summed E-state index contributed by atoms with van der Waals surface area (Å²) in [4.78, 5) is 4.59. The molecule has 0 saturated carbocycles. The fourth-order valence-corrected chi connectivity index (χ4v) is 4.24. The highest BCUT2D eigenvalue weighted by molar-refractivity contribution is 5.80. The molecule has 1 saturated heterocycles. The van der Waals surface area contributed by atoms with E-state index in [2.05, 4.69) is 32.4 Å². The molecule has 2 aliphatic rings. The predicted molar refractivity (Wildman–Crippen MR) is 105 cm³/mol. The Bertz CT molecular complexity index is 918. The van der Waals surface area contributed by atoms with Gasteiger partial charge in [-0.05, 0) is 51.6 Å². The van der Waals surface area contributed by atoms with Crippen molar-refractivity contribution in [1.82, 2.24) is 15.1 Å². The molecule has 0 spiro atoms. The lowest BCUT2D eigenvalue weighted by Gasteiger charge is -2.41. The fraction of sp³-hybridized carbons (Fsp3) is 0.500. The molecule has 156 valence electrons. The lowest BCUT2D eigenvalue weighted by Crippen LogP contribution is -2.50. The Balaban J connectivity index is 1.70. The lowest BCUT2D eigenvalue weighted by molar-refractivity contribution is -0.137. The molecule has 0 radical (unpaired) electrons. The normalized spacial score (nSPS) is 20.3. The summed E-state index contributed by atoms with van der Waals surface area (Å²) in [6.07, 6.45) is -2.29. The van der Waals surface area contributed by atoms with Crippen molar-refractivity contribution in [1.29, 1.82) is 0 Å². The zero-order valence-electron chi connectivity index (χ0n) is 16.4. The third kappa shape index (κ3) is 3.71. The SMILES string of the molecule is Cc1c(-c2ccc(C(F)(F)F)cc2O)nnc2c1NCCN2C1CCCN(C)C1. The minimum Gasteiger partial charge on any atom is -0.507 e. The van der Waals surface area contributed by atoms with Gasteiger partial charge in [0.2, 0.25) is 0 Å². The van der Waals surface area contributed by atoms with Gasteiger partial charge in [-0.2, -0.15) is 13.2 Å². The zero-order chi connectivity index (χ0) is 20.8. The quantitative estimate of drug-likeness (QED) is 0.795. The van der Waals surface area contributed by atoms with Gasteiger partial charge in [-0.15, -0.1) is 10.2 Å². The van der Waals surface area contributed by atoms with Crippen LogP contribution in [0.1, 0.15) is 24.0 Å². The Morgan fingerprint density at radius 2 is 2.00 bits per heavy atom. The molecule has 1 fully saturated rings. The van der Waals surface area contributed by atoms with Gasteiger partial charge in [0, 0.05) is 36.8 Å². The van der Waals surface area contributed by atoms with Gasteiger partial charge in [-0.3, -0.25) is 0 Å². The molecule has 3 heterocycles. The van der Waals surface area contributed by atoms with E-state index in [4.69, 9.17) is 0 Å². The smallest absolute Gasteiger partial charge is 0.416 e. The number of aromatic hydroxyl groups is 1. The molecule has 1 unspecified atom stereocenters. The van der Waals surface area contributed by atoms with E-state index < -0.39 is 17.5 Å². The number of likely N-dealkylation sites (tertiary alicyclic amines) is 1. The summed E-state index contributed by atoms with van der Waals surface area (Å²) in [6.45, 7) is 5.47. The van der Waals surface area contributed by atoms with Crippen LogP contribution in [0.2, 0.25) is 0 Å². The molecule has 0 bridgehead atoms. The fourth-order valence-electron chi connectivity index (χ4n) is 4.24. The average molecular weight is 407 g/mol. The van der Waals surface area contributed by atoms with Gasteiger partial charge in [0.15, 0.2) is 5.82 Å². The van der Waals surface area contributed by atoms with E-state index in [0.29, 0.717) is 11.7 Å². The number of alkyl halides is 3. The van der Waals surface area contributed by atoms with Crippen molar-refractivity contribution >= 4 is 11.5 Å². The summed E-state index contributed by atoms with van der Waals surface area (Å²) >= 11 is 0. The molecule has 4 rings (SSSR count). The molecule has 6 nitrogen and oxygen atoms in total. The number of hydrogen-bond donors (Lipinski definition) is 2. The molecule has 1 atom stereocenters. The van der Waals surface area contributed by atoms with Crippen LogP contribution >= 0.6 is 0 Å². The minimum absolute atomic E-state index is 0.238. The Kier molecular flexibility index (Phi) is 5.02. The number of nitrogens with one attached hydrogen (secondary N) is 1. The molecule has 0 aliphatic carbocycles. The third-order valence-electron chi connectivity index (χ3n) is 5.75. The number of phenols is 1. The molecule has 0 amide bonds. The zero-order valence-corrected chi connectivity index (χ0v) is 16.4. The highest BCUT2D eigenvalue weighted by Gasteiger charge is 2.33. The van der Waals surface area contributed by atoms with E-state index in [-0.39, 0.29) is 5.56 Å². The maximum atomic E-state index is 12.9. The second-order valence-corrected chi connectivity index (χ2v) is 7.78. The molecule has 1 aromatic carbocycles. The van der Waals surface area contributed by atoms with Crippen LogP contribution in [0.4, 0.5) is 24.7 Å². The van der Waals surface area contributed by atoms with Crippen molar-refractivity contribution in [2.45, 2.75) is 32.0 Å². The number of rotatable bonds is 2. The van der Waals surface area contributed by atoms with E-state index in [9.17, 15) is 18.3 Å². The molecule has 1 aromatic heterocycles. The standard InChI is InChI=1S/C20H24F3N5O/c1-12-17(15-6-5-13(10-16(15)29)20(21,22)23)25-26-19-18(12)24-7-9-28(19)14-4-3-8-27(2)11-14/h5-6,10,14,24,29H,3-4,7-9,11H2,1-2H3. The summed E-state index contributed by atoms with van der Waals surface area (Å²) in [5, 5.41) is 22.3. The van der Waals surface area contributed by atoms with Crippen LogP contribution in [-0.4, -0.2) is 59.5 Å². The highest BCUT2D eigenvalue weighted by Crippen LogP contribution is 2.40. The van der Waals surface area contributed by atoms with Crippen LogP contribution in [0.5, 0.6) is 5.75 Å². The lowest BCUT2D eigenvalue weighted by atomic mass is 10.0. The van der Waals surface area contributed by atoms with Crippen LogP contribution in [0, 0.1) is 6.92 Å². The summed E-state index contributed by atoms with van der Waals surface area (Å²) in [5.74, 6) is 0.308. The number of nitrogens with zero attached hydrogens (tertiary/aromatic N) is 4. The average Bonchev–Trinajstić information content (AvgIpc) is 2.68. The van der Waals surface area contributed by atoms with E-state index in [1.54, 1.807) is 0 Å². The van der Waals surface area contributed by atoms with Crippen LogP contribution in [0.15, 0.2) is 18.2 Å². The molecular formula is C20H24F3N5O.